The lowest BCUT2D eigenvalue weighted by molar-refractivity contribution is -0.384. The van der Waals surface area contributed by atoms with Crippen molar-refractivity contribution in [2.75, 3.05) is 11.4 Å². The Bertz CT molecular complexity index is 882. The monoisotopic (exact) mass is 374 g/mol. The third-order valence-corrected chi connectivity index (χ3v) is 4.66. The van der Waals surface area contributed by atoms with Crippen LogP contribution in [0.4, 0.5) is 11.4 Å². The predicted molar refractivity (Wildman–Crippen MR) is 95.4 cm³/mol. The number of carbonyl (C=O) groups is 2. The predicted octanol–water partition coefficient (Wildman–Crippen LogP) is 3.52. The summed E-state index contributed by atoms with van der Waals surface area (Å²) in [6.07, 6.45) is 0.0395. The van der Waals surface area contributed by atoms with Crippen LogP contribution in [0.2, 0.25) is 5.02 Å². The maximum absolute atomic E-state index is 12.3. The summed E-state index contributed by atoms with van der Waals surface area (Å²) >= 11 is 6.10. The van der Waals surface area contributed by atoms with Crippen molar-refractivity contribution in [3.8, 4) is 5.75 Å². The number of nitrogens with zero attached hydrogens (tertiary/aromatic N) is 2. The molecule has 0 aliphatic carbocycles. The van der Waals surface area contributed by atoms with Gasteiger partial charge in [0.05, 0.1) is 10.8 Å². The molecule has 8 heteroatoms. The number of non-ortho nitro benzene ring substituents is 1. The van der Waals surface area contributed by atoms with Gasteiger partial charge < -0.3 is 9.64 Å². The standard InChI is InChI=1S/C18H15ClN2O5/c1-11-15(19)3-2-4-16(11)20-10-12(9-17(20)22)18(23)26-14-7-5-13(6-8-14)21(24)25/h2-8,12H,9-10H2,1H3/t12-/m0/s1. The fourth-order valence-corrected chi connectivity index (χ4v) is 2.99. The van der Waals surface area contributed by atoms with Gasteiger partial charge >= 0.3 is 5.97 Å². The summed E-state index contributed by atoms with van der Waals surface area (Å²) < 4.78 is 5.25. The van der Waals surface area contributed by atoms with Crippen LogP contribution in [0.5, 0.6) is 5.75 Å². The molecule has 0 spiro atoms. The number of anilines is 1. The Morgan fingerprint density at radius 3 is 2.62 bits per heavy atom. The number of ether oxygens (including phenoxy) is 1. The molecule has 0 bridgehead atoms. The van der Waals surface area contributed by atoms with Crippen molar-refractivity contribution in [3.05, 3.63) is 63.2 Å². The van der Waals surface area contributed by atoms with E-state index in [-0.39, 0.29) is 30.3 Å². The molecule has 0 unspecified atom stereocenters. The zero-order valence-electron chi connectivity index (χ0n) is 13.8. The number of benzene rings is 2. The first-order valence-electron chi connectivity index (χ1n) is 7.88. The van der Waals surface area contributed by atoms with Gasteiger partial charge in [-0.3, -0.25) is 19.7 Å². The molecule has 0 N–H and O–H groups in total. The Labute approximate surface area is 154 Å². The third-order valence-electron chi connectivity index (χ3n) is 4.25. The number of nitro groups is 1. The van der Waals surface area contributed by atoms with E-state index in [9.17, 15) is 19.7 Å². The first kappa shape index (κ1) is 17.9. The summed E-state index contributed by atoms with van der Waals surface area (Å²) in [4.78, 5) is 36.3. The number of rotatable bonds is 4. The van der Waals surface area contributed by atoms with Crippen molar-refractivity contribution in [3.63, 3.8) is 0 Å². The lowest BCUT2D eigenvalue weighted by Crippen LogP contribution is -2.27. The van der Waals surface area contributed by atoms with Gasteiger partial charge in [0.25, 0.3) is 5.69 Å². The lowest BCUT2D eigenvalue weighted by atomic mass is 10.1. The molecule has 3 rings (SSSR count). The first-order valence-corrected chi connectivity index (χ1v) is 8.26. The van der Waals surface area contributed by atoms with E-state index in [1.54, 1.807) is 18.2 Å². The molecule has 0 radical (unpaired) electrons. The average Bonchev–Trinajstić information content (AvgIpc) is 2.99. The largest absolute Gasteiger partial charge is 0.426 e. The topological polar surface area (TPSA) is 89.8 Å². The van der Waals surface area contributed by atoms with Crippen molar-refractivity contribution >= 4 is 34.9 Å². The Hall–Kier alpha value is -2.93. The zero-order valence-corrected chi connectivity index (χ0v) is 14.6. The summed E-state index contributed by atoms with van der Waals surface area (Å²) in [5.74, 6) is -1.14. The molecule has 2 aromatic rings. The van der Waals surface area contributed by atoms with E-state index in [1.165, 1.54) is 29.2 Å². The molecule has 2 aromatic carbocycles. The summed E-state index contributed by atoms with van der Waals surface area (Å²) in [6.45, 7) is 2.01. The summed E-state index contributed by atoms with van der Waals surface area (Å²) in [6, 6.07) is 10.5. The highest BCUT2D eigenvalue weighted by Crippen LogP contribution is 2.32. The Balaban J connectivity index is 1.71. The van der Waals surface area contributed by atoms with Gasteiger partial charge in [0.15, 0.2) is 0 Å². The van der Waals surface area contributed by atoms with Crippen LogP contribution >= 0.6 is 11.6 Å². The molecule has 1 fully saturated rings. The highest BCUT2D eigenvalue weighted by molar-refractivity contribution is 6.31. The number of amides is 1. The molecule has 134 valence electrons. The number of carbonyl (C=O) groups excluding carboxylic acids is 2. The van der Waals surface area contributed by atoms with Crippen LogP contribution in [-0.2, 0) is 9.59 Å². The van der Waals surface area contributed by atoms with Crippen molar-refractivity contribution in [1.82, 2.24) is 0 Å². The quantitative estimate of drug-likeness (QED) is 0.353. The number of halogens is 1. The molecule has 1 heterocycles. The third kappa shape index (κ3) is 3.52. The Morgan fingerprint density at radius 2 is 1.96 bits per heavy atom. The van der Waals surface area contributed by atoms with Crippen LogP contribution in [0.3, 0.4) is 0 Å². The SMILES string of the molecule is Cc1c(Cl)cccc1N1C[C@@H](C(=O)Oc2ccc([N+](=O)[O-])cc2)CC1=O. The molecule has 7 nitrogen and oxygen atoms in total. The molecule has 1 atom stereocenters. The van der Waals surface area contributed by atoms with Crippen LogP contribution in [-0.4, -0.2) is 23.3 Å². The second kappa shape index (κ2) is 7.13. The van der Waals surface area contributed by atoms with Gasteiger partial charge in [-0.15, -0.1) is 0 Å². The van der Waals surface area contributed by atoms with Crippen LogP contribution in [0.15, 0.2) is 42.5 Å². The fourth-order valence-electron chi connectivity index (χ4n) is 2.82. The molecule has 1 aliphatic heterocycles. The van der Waals surface area contributed by atoms with Crippen LogP contribution in [0.25, 0.3) is 0 Å². The summed E-state index contributed by atoms with van der Waals surface area (Å²) in [7, 11) is 0. The van der Waals surface area contributed by atoms with Gasteiger partial charge in [0, 0.05) is 35.8 Å². The molecular formula is C18H15ClN2O5. The van der Waals surface area contributed by atoms with Crippen LogP contribution in [0.1, 0.15) is 12.0 Å². The Morgan fingerprint density at radius 1 is 1.27 bits per heavy atom. The molecule has 1 amide bonds. The smallest absolute Gasteiger partial charge is 0.316 e. The maximum atomic E-state index is 12.3. The van der Waals surface area contributed by atoms with E-state index in [4.69, 9.17) is 16.3 Å². The molecule has 0 aromatic heterocycles. The van der Waals surface area contributed by atoms with Gasteiger partial charge in [0.2, 0.25) is 5.91 Å². The molecule has 1 aliphatic rings. The zero-order chi connectivity index (χ0) is 18.8. The first-order chi connectivity index (χ1) is 12.4. The van der Waals surface area contributed by atoms with Crippen molar-refractivity contribution in [1.29, 1.82) is 0 Å². The minimum atomic E-state index is -0.615. The molecule has 0 saturated carbocycles. The minimum absolute atomic E-state index is 0.0395. The second-order valence-corrected chi connectivity index (χ2v) is 6.37. The Kier molecular flexibility index (Phi) is 4.90. The minimum Gasteiger partial charge on any atom is -0.426 e. The van der Waals surface area contributed by atoms with Gasteiger partial charge in [-0.1, -0.05) is 17.7 Å². The van der Waals surface area contributed by atoms with Crippen LogP contribution in [0, 0.1) is 23.0 Å². The molecule has 1 saturated heterocycles. The van der Waals surface area contributed by atoms with E-state index < -0.39 is 16.8 Å². The molecule has 26 heavy (non-hydrogen) atoms. The number of hydrogen-bond donors (Lipinski definition) is 0. The van der Waals surface area contributed by atoms with Gasteiger partial charge in [-0.2, -0.15) is 0 Å². The average molecular weight is 375 g/mol. The number of nitro benzene ring substituents is 1. The second-order valence-electron chi connectivity index (χ2n) is 5.96. The van der Waals surface area contributed by atoms with E-state index in [2.05, 4.69) is 0 Å². The maximum Gasteiger partial charge on any atom is 0.316 e. The van der Waals surface area contributed by atoms with Gasteiger partial charge in [-0.25, -0.2) is 0 Å². The number of hydrogen-bond acceptors (Lipinski definition) is 5. The van der Waals surface area contributed by atoms with Crippen molar-refractivity contribution < 1.29 is 19.2 Å². The summed E-state index contributed by atoms with van der Waals surface area (Å²) in [5.41, 5.74) is 1.35. The van der Waals surface area contributed by atoms with Gasteiger partial charge in [-0.05, 0) is 36.8 Å². The normalized spacial score (nSPS) is 16.6. The van der Waals surface area contributed by atoms with E-state index in [0.29, 0.717) is 10.7 Å². The van der Waals surface area contributed by atoms with Crippen LogP contribution < -0.4 is 9.64 Å². The molecular weight excluding hydrogens is 360 g/mol. The van der Waals surface area contributed by atoms with E-state index >= 15 is 0 Å². The highest BCUT2D eigenvalue weighted by Gasteiger charge is 2.37. The highest BCUT2D eigenvalue weighted by atomic mass is 35.5. The van der Waals surface area contributed by atoms with Crippen molar-refractivity contribution in [2.45, 2.75) is 13.3 Å². The van der Waals surface area contributed by atoms with Gasteiger partial charge in [0.1, 0.15) is 5.75 Å². The lowest BCUT2D eigenvalue weighted by Gasteiger charge is -2.19. The van der Waals surface area contributed by atoms with Crippen molar-refractivity contribution in [2.24, 2.45) is 5.92 Å². The fraction of sp³-hybridized carbons (Fsp3) is 0.222. The van der Waals surface area contributed by atoms with E-state index in [1.807, 2.05) is 6.92 Å². The van der Waals surface area contributed by atoms with E-state index in [0.717, 1.165) is 5.56 Å². The summed E-state index contributed by atoms with van der Waals surface area (Å²) in [5, 5.41) is 11.2. The number of esters is 1.